The number of ether oxygens (including phenoxy) is 1. The summed E-state index contributed by atoms with van der Waals surface area (Å²) in [5.74, 6) is -0.372. The van der Waals surface area contributed by atoms with Gasteiger partial charge in [-0.15, -0.1) is 0 Å². The molecular formula is C21H20N2O4. The Morgan fingerprint density at radius 1 is 0.963 bits per heavy atom. The van der Waals surface area contributed by atoms with Gasteiger partial charge in [-0.25, -0.2) is 9.69 Å². The van der Waals surface area contributed by atoms with Gasteiger partial charge in [-0.2, -0.15) is 0 Å². The van der Waals surface area contributed by atoms with Gasteiger partial charge in [0.05, 0.1) is 12.8 Å². The first-order valence-electron chi connectivity index (χ1n) is 8.56. The number of carbonyl (C=O) groups is 3. The average molecular weight is 364 g/mol. The molecule has 0 radical (unpaired) electrons. The SMILES string of the molecule is COc1ccc(/C=C2/C(=O)NC(=O)N(c3ccc(C(C)C)cc3)C2=O)cc1. The van der Waals surface area contributed by atoms with Crippen LogP contribution in [0.2, 0.25) is 0 Å². The number of urea groups is 1. The molecule has 6 heteroatoms. The predicted molar refractivity (Wildman–Crippen MR) is 103 cm³/mol. The van der Waals surface area contributed by atoms with Crippen molar-refractivity contribution < 1.29 is 19.1 Å². The first-order valence-corrected chi connectivity index (χ1v) is 8.56. The largest absolute Gasteiger partial charge is 0.497 e. The van der Waals surface area contributed by atoms with Crippen molar-refractivity contribution in [3.05, 3.63) is 65.2 Å². The normalized spacial score (nSPS) is 16.1. The van der Waals surface area contributed by atoms with Crippen LogP contribution >= 0.6 is 0 Å². The van der Waals surface area contributed by atoms with E-state index in [1.54, 1.807) is 43.5 Å². The maximum Gasteiger partial charge on any atom is 0.335 e. The highest BCUT2D eigenvalue weighted by atomic mass is 16.5. The fourth-order valence-electron chi connectivity index (χ4n) is 2.77. The zero-order chi connectivity index (χ0) is 19.6. The lowest BCUT2D eigenvalue weighted by Crippen LogP contribution is -2.54. The number of nitrogens with one attached hydrogen (secondary N) is 1. The van der Waals surface area contributed by atoms with Crippen LogP contribution in [0.15, 0.2) is 54.1 Å². The fraction of sp³-hybridized carbons (Fsp3) is 0.190. The molecule has 27 heavy (non-hydrogen) atoms. The molecule has 1 aliphatic heterocycles. The second kappa shape index (κ2) is 7.45. The summed E-state index contributed by atoms with van der Waals surface area (Å²) in [7, 11) is 1.56. The van der Waals surface area contributed by atoms with E-state index in [1.165, 1.54) is 6.08 Å². The van der Waals surface area contributed by atoms with Gasteiger partial charge in [-0.1, -0.05) is 38.1 Å². The van der Waals surface area contributed by atoms with E-state index in [-0.39, 0.29) is 5.57 Å². The minimum atomic E-state index is -0.755. The number of hydrogen-bond acceptors (Lipinski definition) is 4. The molecule has 1 fully saturated rings. The molecule has 2 aromatic carbocycles. The molecule has 0 aromatic heterocycles. The molecule has 138 valence electrons. The second-order valence-corrected chi connectivity index (χ2v) is 6.48. The lowest BCUT2D eigenvalue weighted by atomic mass is 10.0. The molecule has 2 aromatic rings. The Balaban J connectivity index is 1.94. The van der Waals surface area contributed by atoms with Crippen LogP contribution in [0.5, 0.6) is 5.75 Å². The molecule has 3 rings (SSSR count). The lowest BCUT2D eigenvalue weighted by molar-refractivity contribution is -0.122. The number of anilines is 1. The van der Waals surface area contributed by atoms with E-state index in [0.717, 1.165) is 10.5 Å². The highest BCUT2D eigenvalue weighted by Crippen LogP contribution is 2.24. The number of benzene rings is 2. The van der Waals surface area contributed by atoms with Gasteiger partial charge in [0.2, 0.25) is 0 Å². The third-order valence-corrected chi connectivity index (χ3v) is 4.35. The summed E-state index contributed by atoms with van der Waals surface area (Å²) in [6, 6.07) is 13.3. The van der Waals surface area contributed by atoms with Gasteiger partial charge in [-0.3, -0.25) is 14.9 Å². The summed E-state index contributed by atoms with van der Waals surface area (Å²) >= 11 is 0. The van der Waals surface area contributed by atoms with Gasteiger partial charge in [0.15, 0.2) is 0 Å². The smallest absolute Gasteiger partial charge is 0.335 e. The summed E-state index contributed by atoms with van der Waals surface area (Å²) in [5.41, 5.74) is 2.05. The summed E-state index contributed by atoms with van der Waals surface area (Å²) in [4.78, 5) is 38.3. The minimum Gasteiger partial charge on any atom is -0.497 e. The number of amides is 4. The Bertz CT molecular complexity index is 912. The Hall–Kier alpha value is -3.41. The molecule has 0 bridgehead atoms. The van der Waals surface area contributed by atoms with E-state index in [2.05, 4.69) is 19.2 Å². The van der Waals surface area contributed by atoms with Crippen molar-refractivity contribution in [2.24, 2.45) is 0 Å². The number of rotatable bonds is 4. The first kappa shape index (κ1) is 18.4. The molecule has 1 N–H and O–H groups in total. The maximum absolute atomic E-state index is 12.8. The minimum absolute atomic E-state index is 0.104. The van der Waals surface area contributed by atoms with Crippen molar-refractivity contribution in [1.82, 2.24) is 5.32 Å². The standard InChI is InChI=1S/C21H20N2O4/c1-13(2)15-6-8-16(9-7-15)23-20(25)18(19(24)22-21(23)26)12-14-4-10-17(27-3)11-5-14/h4-13H,1-3H3,(H,22,24,26)/b18-12-. The van der Waals surface area contributed by atoms with E-state index in [0.29, 0.717) is 22.9 Å². The quantitative estimate of drug-likeness (QED) is 0.666. The van der Waals surface area contributed by atoms with E-state index < -0.39 is 17.8 Å². The van der Waals surface area contributed by atoms with Crippen molar-refractivity contribution >= 4 is 29.6 Å². The third-order valence-electron chi connectivity index (χ3n) is 4.35. The molecule has 0 spiro atoms. The Morgan fingerprint density at radius 3 is 2.15 bits per heavy atom. The van der Waals surface area contributed by atoms with E-state index in [4.69, 9.17) is 4.74 Å². The molecular weight excluding hydrogens is 344 g/mol. The lowest BCUT2D eigenvalue weighted by Gasteiger charge is -2.26. The van der Waals surface area contributed by atoms with Crippen molar-refractivity contribution in [3.63, 3.8) is 0 Å². The summed E-state index contributed by atoms with van der Waals surface area (Å²) in [6.07, 6.45) is 1.46. The Morgan fingerprint density at radius 2 is 1.59 bits per heavy atom. The average Bonchev–Trinajstić information content (AvgIpc) is 2.66. The summed E-state index contributed by atoms with van der Waals surface area (Å²) < 4.78 is 5.10. The van der Waals surface area contributed by atoms with Crippen LogP contribution in [-0.4, -0.2) is 25.0 Å². The maximum atomic E-state index is 12.8. The predicted octanol–water partition coefficient (Wildman–Crippen LogP) is 3.49. The van der Waals surface area contributed by atoms with Crippen LogP contribution in [0.3, 0.4) is 0 Å². The molecule has 1 heterocycles. The number of imide groups is 2. The van der Waals surface area contributed by atoms with Gasteiger partial charge < -0.3 is 4.74 Å². The molecule has 0 atom stereocenters. The Kier molecular flexibility index (Phi) is 5.07. The summed E-state index contributed by atoms with van der Waals surface area (Å²) in [6.45, 7) is 4.12. The number of methoxy groups -OCH3 is 1. The molecule has 6 nitrogen and oxygen atoms in total. The first-order chi connectivity index (χ1) is 12.9. The van der Waals surface area contributed by atoms with Crippen LogP contribution in [-0.2, 0) is 9.59 Å². The van der Waals surface area contributed by atoms with Crippen LogP contribution < -0.4 is 15.0 Å². The van der Waals surface area contributed by atoms with Crippen LogP contribution in [0, 0.1) is 0 Å². The monoisotopic (exact) mass is 364 g/mol. The zero-order valence-electron chi connectivity index (χ0n) is 15.4. The van der Waals surface area contributed by atoms with Crippen molar-refractivity contribution in [2.45, 2.75) is 19.8 Å². The van der Waals surface area contributed by atoms with Gasteiger partial charge >= 0.3 is 6.03 Å². The highest BCUT2D eigenvalue weighted by molar-refractivity contribution is 6.39. The number of nitrogens with zero attached hydrogens (tertiary/aromatic N) is 1. The molecule has 0 unspecified atom stereocenters. The van der Waals surface area contributed by atoms with E-state index >= 15 is 0 Å². The van der Waals surface area contributed by atoms with E-state index in [1.807, 2.05) is 12.1 Å². The zero-order valence-corrected chi connectivity index (χ0v) is 15.4. The fourth-order valence-corrected chi connectivity index (χ4v) is 2.77. The molecule has 0 aliphatic carbocycles. The second-order valence-electron chi connectivity index (χ2n) is 6.48. The van der Waals surface area contributed by atoms with Gasteiger partial charge in [0, 0.05) is 0 Å². The number of carbonyl (C=O) groups excluding carboxylic acids is 3. The van der Waals surface area contributed by atoms with Crippen LogP contribution in [0.25, 0.3) is 6.08 Å². The van der Waals surface area contributed by atoms with Crippen molar-refractivity contribution in [1.29, 1.82) is 0 Å². The Labute approximate surface area is 157 Å². The van der Waals surface area contributed by atoms with Crippen LogP contribution in [0.1, 0.15) is 30.9 Å². The number of hydrogen-bond donors (Lipinski definition) is 1. The summed E-state index contributed by atoms with van der Waals surface area (Å²) in [5, 5.41) is 2.22. The van der Waals surface area contributed by atoms with Crippen molar-refractivity contribution in [2.75, 3.05) is 12.0 Å². The van der Waals surface area contributed by atoms with Gasteiger partial charge in [0.1, 0.15) is 11.3 Å². The third kappa shape index (κ3) is 3.74. The number of barbiturate groups is 1. The molecule has 4 amide bonds. The van der Waals surface area contributed by atoms with Crippen molar-refractivity contribution in [3.8, 4) is 5.75 Å². The molecule has 1 saturated heterocycles. The van der Waals surface area contributed by atoms with Gasteiger partial charge in [-0.05, 0) is 47.4 Å². The molecule has 0 saturated carbocycles. The molecule has 1 aliphatic rings. The topological polar surface area (TPSA) is 75.7 Å². The van der Waals surface area contributed by atoms with Gasteiger partial charge in [0.25, 0.3) is 11.8 Å². The van der Waals surface area contributed by atoms with E-state index in [9.17, 15) is 14.4 Å². The highest BCUT2D eigenvalue weighted by Gasteiger charge is 2.36. The van der Waals surface area contributed by atoms with Crippen LogP contribution in [0.4, 0.5) is 10.5 Å².